The topological polar surface area (TPSA) is 79.8 Å². The molecule has 7 heteroatoms. The van der Waals surface area contributed by atoms with Gasteiger partial charge in [-0.15, -0.1) is 0 Å². The third-order valence-corrected chi connectivity index (χ3v) is 3.84. The molecule has 1 aliphatic heterocycles. The van der Waals surface area contributed by atoms with E-state index in [9.17, 15) is 4.79 Å². The smallest absolute Gasteiger partial charge is 0.376 e. The molecule has 4 rings (SSSR count). The van der Waals surface area contributed by atoms with Crippen molar-refractivity contribution in [2.75, 3.05) is 13.4 Å². The van der Waals surface area contributed by atoms with E-state index in [0.29, 0.717) is 22.9 Å². The summed E-state index contributed by atoms with van der Waals surface area (Å²) in [6.07, 6.45) is 0. The summed E-state index contributed by atoms with van der Waals surface area (Å²) in [6.45, 7) is 2.47. The first-order chi connectivity index (χ1) is 12.7. The van der Waals surface area contributed by atoms with Crippen LogP contribution in [0.15, 0.2) is 42.5 Å². The lowest BCUT2D eigenvalue weighted by atomic mass is 10.2. The molecule has 0 fully saturated rings. The van der Waals surface area contributed by atoms with E-state index >= 15 is 0 Å². The molecule has 0 N–H and O–H groups in total. The molecule has 2 aromatic carbocycles. The Kier molecular flexibility index (Phi) is 4.27. The summed E-state index contributed by atoms with van der Waals surface area (Å²) in [5.74, 6) is 1.13. The summed E-state index contributed by atoms with van der Waals surface area (Å²) in [5, 5.41) is 0.723. The lowest BCUT2D eigenvalue weighted by Crippen LogP contribution is -2.11. The van der Waals surface area contributed by atoms with Crippen LogP contribution >= 0.6 is 0 Å². The van der Waals surface area contributed by atoms with E-state index in [0.717, 1.165) is 10.9 Å². The van der Waals surface area contributed by atoms with Crippen LogP contribution in [0, 0.1) is 0 Å². The number of carbonyl (C=O) groups is 1. The highest BCUT2D eigenvalue weighted by molar-refractivity contribution is 5.90. The van der Waals surface area contributed by atoms with E-state index in [-0.39, 0.29) is 25.8 Å². The largest absolute Gasteiger partial charge is 0.472 e. The van der Waals surface area contributed by atoms with Gasteiger partial charge in [0.05, 0.1) is 17.5 Å². The Bertz CT molecular complexity index is 973. The maximum absolute atomic E-state index is 12.0. The van der Waals surface area contributed by atoms with E-state index < -0.39 is 5.97 Å². The van der Waals surface area contributed by atoms with Crippen LogP contribution in [0.3, 0.4) is 0 Å². The molecule has 0 saturated heterocycles. The van der Waals surface area contributed by atoms with Crippen molar-refractivity contribution in [1.29, 1.82) is 0 Å². The van der Waals surface area contributed by atoms with Crippen LogP contribution in [0.5, 0.6) is 17.4 Å². The zero-order chi connectivity index (χ0) is 17.9. The van der Waals surface area contributed by atoms with Crippen LogP contribution in [0.1, 0.15) is 23.1 Å². The number of fused-ring (bicyclic) bond motifs is 2. The van der Waals surface area contributed by atoms with Crippen molar-refractivity contribution in [1.82, 2.24) is 9.97 Å². The molecule has 1 aromatic heterocycles. The van der Waals surface area contributed by atoms with E-state index in [1.54, 1.807) is 13.0 Å². The zero-order valence-corrected chi connectivity index (χ0v) is 14.1. The highest BCUT2D eigenvalue weighted by atomic mass is 16.7. The molecule has 0 amide bonds. The van der Waals surface area contributed by atoms with Gasteiger partial charge in [0.15, 0.2) is 11.5 Å². The average Bonchev–Trinajstić information content (AvgIpc) is 3.14. The number of ether oxygens (including phenoxy) is 4. The summed E-state index contributed by atoms with van der Waals surface area (Å²) < 4.78 is 21.6. The molecule has 132 valence electrons. The summed E-state index contributed by atoms with van der Waals surface area (Å²) in [4.78, 5) is 20.5. The molecule has 3 aromatic rings. The maximum atomic E-state index is 12.0. The normalized spacial score (nSPS) is 12.2. The van der Waals surface area contributed by atoms with Crippen molar-refractivity contribution in [2.24, 2.45) is 0 Å². The van der Waals surface area contributed by atoms with E-state index in [4.69, 9.17) is 18.9 Å². The maximum Gasteiger partial charge on any atom is 0.376 e. The molecule has 2 heterocycles. The van der Waals surface area contributed by atoms with E-state index in [1.807, 2.05) is 36.4 Å². The van der Waals surface area contributed by atoms with Gasteiger partial charge in [0, 0.05) is 0 Å². The van der Waals surface area contributed by atoms with Gasteiger partial charge in [-0.3, -0.25) is 0 Å². The van der Waals surface area contributed by atoms with Crippen molar-refractivity contribution < 1.29 is 23.7 Å². The van der Waals surface area contributed by atoms with Crippen LogP contribution in [-0.4, -0.2) is 29.3 Å². The Morgan fingerprint density at radius 1 is 1.12 bits per heavy atom. The zero-order valence-electron chi connectivity index (χ0n) is 14.1. The molecular formula is C19H16N2O5. The van der Waals surface area contributed by atoms with Gasteiger partial charge >= 0.3 is 5.97 Å². The van der Waals surface area contributed by atoms with Crippen molar-refractivity contribution >= 4 is 16.9 Å². The van der Waals surface area contributed by atoms with Crippen molar-refractivity contribution in [2.45, 2.75) is 13.5 Å². The quantitative estimate of drug-likeness (QED) is 0.653. The first-order valence-electron chi connectivity index (χ1n) is 8.20. The highest BCUT2D eigenvalue weighted by Gasteiger charge is 2.17. The number of aromatic nitrogens is 2. The van der Waals surface area contributed by atoms with Crippen LogP contribution in [0.25, 0.3) is 10.9 Å². The molecule has 0 atom stereocenters. The van der Waals surface area contributed by atoms with Gasteiger partial charge < -0.3 is 18.9 Å². The van der Waals surface area contributed by atoms with E-state index in [2.05, 4.69) is 9.97 Å². The Labute approximate surface area is 149 Å². The van der Waals surface area contributed by atoms with Gasteiger partial charge in [0.2, 0.25) is 18.5 Å². The fourth-order valence-corrected chi connectivity index (χ4v) is 2.63. The van der Waals surface area contributed by atoms with Crippen LogP contribution < -0.4 is 14.2 Å². The standard InChI is InChI=1S/C19H16N2O5/c1-2-23-19(22)17-20-14-6-4-3-5-13(14)18(21-17)24-10-12-7-8-15-16(9-12)26-11-25-15/h3-9H,2,10-11H2,1H3. The van der Waals surface area contributed by atoms with Gasteiger partial charge in [0.1, 0.15) is 6.61 Å². The second kappa shape index (κ2) is 6.87. The highest BCUT2D eigenvalue weighted by Crippen LogP contribution is 2.33. The van der Waals surface area contributed by atoms with Crippen LogP contribution in [0.4, 0.5) is 0 Å². The molecule has 0 bridgehead atoms. The van der Waals surface area contributed by atoms with Gasteiger partial charge in [-0.1, -0.05) is 18.2 Å². The number of esters is 1. The van der Waals surface area contributed by atoms with Crippen molar-refractivity contribution in [3.63, 3.8) is 0 Å². The van der Waals surface area contributed by atoms with Gasteiger partial charge in [-0.25, -0.2) is 9.78 Å². The Hall–Kier alpha value is -3.35. The minimum atomic E-state index is -0.578. The number of hydrogen-bond donors (Lipinski definition) is 0. The Morgan fingerprint density at radius 2 is 1.96 bits per heavy atom. The molecule has 0 aliphatic carbocycles. The van der Waals surface area contributed by atoms with Crippen molar-refractivity contribution in [3.05, 3.63) is 53.9 Å². The predicted octanol–water partition coefficient (Wildman–Crippen LogP) is 3.11. The molecule has 0 radical (unpaired) electrons. The SMILES string of the molecule is CCOC(=O)c1nc(OCc2ccc3c(c2)OCO3)c2ccccc2n1. The second-order valence-corrected chi connectivity index (χ2v) is 5.57. The summed E-state index contributed by atoms with van der Waals surface area (Å²) >= 11 is 0. The van der Waals surface area contributed by atoms with Gasteiger partial charge in [-0.05, 0) is 36.8 Å². The third kappa shape index (κ3) is 3.11. The number of hydrogen-bond acceptors (Lipinski definition) is 7. The molecule has 26 heavy (non-hydrogen) atoms. The number of benzene rings is 2. The lowest BCUT2D eigenvalue weighted by molar-refractivity contribution is 0.0511. The number of carbonyl (C=O) groups excluding carboxylic acids is 1. The minimum absolute atomic E-state index is 0.0220. The molecule has 0 spiro atoms. The summed E-state index contributed by atoms with van der Waals surface area (Å²) in [5.41, 5.74) is 1.51. The van der Waals surface area contributed by atoms with Gasteiger partial charge in [-0.2, -0.15) is 4.98 Å². The number of para-hydroxylation sites is 1. The molecule has 7 nitrogen and oxygen atoms in total. The van der Waals surface area contributed by atoms with Crippen LogP contribution in [-0.2, 0) is 11.3 Å². The number of rotatable bonds is 5. The summed E-state index contributed by atoms with van der Waals surface area (Å²) in [6, 6.07) is 12.9. The van der Waals surface area contributed by atoms with Gasteiger partial charge in [0.25, 0.3) is 0 Å². The first kappa shape index (κ1) is 16.1. The molecule has 1 aliphatic rings. The first-order valence-corrected chi connectivity index (χ1v) is 8.20. The minimum Gasteiger partial charge on any atom is -0.472 e. The van der Waals surface area contributed by atoms with Crippen LogP contribution in [0.2, 0.25) is 0 Å². The summed E-state index contributed by atoms with van der Waals surface area (Å²) in [7, 11) is 0. The lowest BCUT2D eigenvalue weighted by Gasteiger charge is -2.10. The molecular weight excluding hydrogens is 336 g/mol. The fourth-order valence-electron chi connectivity index (χ4n) is 2.63. The molecule has 0 unspecified atom stereocenters. The monoisotopic (exact) mass is 352 g/mol. The van der Waals surface area contributed by atoms with E-state index in [1.165, 1.54) is 0 Å². The fraction of sp³-hybridized carbons (Fsp3) is 0.211. The predicted molar refractivity (Wildman–Crippen MR) is 92.4 cm³/mol. The molecule has 0 saturated carbocycles. The average molecular weight is 352 g/mol. The third-order valence-electron chi connectivity index (χ3n) is 3.84. The van der Waals surface area contributed by atoms with Crippen molar-refractivity contribution in [3.8, 4) is 17.4 Å². The second-order valence-electron chi connectivity index (χ2n) is 5.57. The Morgan fingerprint density at radius 3 is 2.85 bits per heavy atom. The Balaban J connectivity index is 1.63. The number of nitrogens with zero attached hydrogens (tertiary/aromatic N) is 2.